The van der Waals surface area contributed by atoms with Gasteiger partial charge in [0, 0.05) is 30.4 Å². The molecule has 113 valence electrons. The number of anilines is 4. The van der Waals surface area contributed by atoms with E-state index in [1.54, 1.807) is 17.2 Å². The third-order valence-corrected chi connectivity index (χ3v) is 3.76. The molecular weight excluding hydrogens is 296 g/mol. The molecule has 1 aliphatic heterocycles. The van der Waals surface area contributed by atoms with Gasteiger partial charge in [-0.2, -0.15) is 0 Å². The zero-order valence-corrected chi connectivity index (χ0v) is 12.1. The van der Waals surface area contributed by atoms with Crippen LogP contribution in [0.2, 0.25) is 0 Å². The van der Waals surface area contributed by atoms with Crippen molar-refractivity contribution in [1.82, 2.24) is 4.98 Å². The van der Waals surface area contributed by atoms with Gasteiger partial charge in [-0.25, -0.2) is 13.8 Å². The fourth-order valence-corrected chi connectivity index (χ4v) is 2.72. The van der Waals surface area contributed by atoms with Gasteiger partial charge < -0.3 is 5.32 Å². The molecule has 0 saturated carbocycles. The fraction of sp³-hybridized carbons (Fsp3) is 0.0556. The molecule has 0 atom stereocenters. The Kier molecular flexibility index (Phi) is 3.19. The first-order valence-electron chi connectivity index (χ1n) is 7.18. The zero-order valence-electron chi connectivity index (χ0n) is 12.1. The molecule has 0 saturated heterocycles. The maximum atomic E-state index is 14.4. The molecule has 0 bridgehead atoms. The van der Waals surface area contributed by atoms with Gasteiger partial charge in [-0.1, -0.05) is 18.2 Å². The minimum Gasteiger partial charge on any atom is -0.379 e. The minimum absolute atomic E-state index is 0.235. The van der Waals surface area contributed by atoms with E-state index in [2.05, 4.69) is 16.4 Å². The predicted octanol–water partition coefficient (Wildman–Crippen LogP) is 4.56. The SMILES string of the molecule is Fc1ccc(N2c3[c]cccc3NCc3cccnc32)c(F)c1. The molecule has 1 radical (unpaired) electrons. The molecule has 1 aromatic heterocycles. The number of nitrogens with zero attached hydrogens (tertiary/aromatic N) is 2. The highest BCUT2D eigenvalue weighted by atomic mass is 19.1. The summed E-state index contributed by atoms with van der Waals surface area (Å²) in [5.74, 6) is -0.656. The van der Waals surface area contributed by atoms with Crippen LogP contribution in [0, 0.1) is 17.7 Å². The Morgan fingerprint density at radius 2 is 2.04 bits per heavy atom. The topological polar surface area (TPSA) is 28.2 Å². The Morgan fingerprint density at radius 1 is 1.13 bits per heavy atom. The molecule has 1 aliphatic rings. The predicted molar refractivity (Wildman–Crippen MR) is 85.0 cm³/mol. The van der Waals surface area contributed by atoms with Gasteiger partial charge in [0.05, 0.1) is 17.1 Å². The van der Waals surface area contributed by atoms with Gasteiger partial charge in [-0.3, -0.25) is 4.90 Å². The molecule has 5 heteroatoms. The van der Waals surface area contributed by atoms with Crippen LogP contribution in [0.15, 0.2) is 54.7 Å². The van der Waals surface area contributed by atoms with Crippen LogP contribution < -0.4 is 10.2 Å². The first-order valence-corrected chi connectivity index (χ1v) is 7.18. The Morgan fingerprint density at radius 3 is 2.91 bits per heavy atom. The van der Waals surface area contributed by atoms with Gasteiger partial charge in [0.25, 0.3) is 0 Å². The van der Waals surface area contributed by atoms with Crippen molar-refractivity contribution in [3.8, 4) is 0 Å². The van der Waals surface area contributed by atoms with Gasteiger partial charge in [0.1, 0.15) is 17.5 Å². The molecule has 0 unspecified atom stereocenters. The number of fused-ring (bicyclic) bond motifs is 2. The smallest absolute Gasteiger partial charge is 0.150 e. The van der Waals surface area contributed by atoms with Crippen molar-refractivity contribution in [3.63, 3.8) is 0 Å². The Labute approximate surface area is 132 Å². The van der Waals surface area contributed by atoms with E-state index in [-0.39, 0.29) is 5.69 Å². The molecule has 0 amide bonds. The monoisotopic (exact) mass is 308 g/mol. The number of hydrogen-bond acceptors (Lipinski definition) is 3. The van der Waals surface area contributed by atoms with Gasteiger partial charge in [0.2, 0.25) is 0 Å². The summed E-state index contributed by atoms with van der Waals surface area (Å²) in [6, 6.07) is 15.9. The van der Waals surface area contributed by atoms with Crippen molar-refractivity contribution in [3.05, 3.63) is 78.0 Å². The molecule has 0 aliphatic carbocycles. The highest BCUT2D eigenvalue weighted by Gasteiger charge is 2.25. The molecule has 3 nitrogen and oxygen atoms in total. The third-order valence-electron chi connectivity index (χ3n) is 3.76. The van der Waals surface area contributed by atoms with Crippen molar-refractivity contribution >= 4 is 22.9 Å². The number of halogens is 2. The molecule has 2 aromatic carbocycles. The number of hydrogen-bond donors (Lipinski definition) is 1. The van der Waals surface area contributed by atoms with Gasteiger partial charge in [-0.05, 0) is 24.3 Å². The molecule has 0 fully saturated rings. The van der Waals surface area contributed by atoms with E-state index in [4.69, 9.17) is 0 Å². The third kappa shape index (κ3) is 2.30. The summed E-state index contributed by atoms with van der Waals surface area (Å²) in [5, 5.41) is 3.30. The van der Waals surface area contributed by atoms with Crippen LogP contribution in [-0.2, 0) is 6.54 Å². The van der Waals surface area contributed by atoms with Crippen molar-refractivity contribution < 1.29 is 8.78 Å². The molecule has 2 heterocycles. The van der Waals surface area contributed by atoms with E-state index in [1.807, 2.05) is 24.3 Å². The second kappa shape index (κ2) is 5.35. The van der Waals surface area contributed by atoms with Crippen LogP contribution in [0.25, 0.3) is 0 Å². The van der Waals surface area contributed by atoms with E-state index in [0.29, 0.717) is 18.1 Å². The van der Waals surface area contributed by atoms with Gasteiger partial charge in [-0.15, -0.1) is 0 Å². The standard InChI is InChI=1S/C18H12F2N3/c19-13-7-8-16(14(20)10-13)23-17-6-2-1-5-15(17)22-11-12-4-3-9-21-18(12)23/h1-5,7-10,22H,11H2. The molecule has 0 spiro atoms. The molecule has 1 N–H and O–H groups in total. The lowest BCUT2D eigenvalue weighted by Gasteiger charge is -2.25. The lowest BCUT2D eigenvalue weighted by atomic mass is 10.2. The maximum Gasteiger partial charge on any atom is 0.150 e. The van der Waals surface area contributed by atoms with E-state index < -0.39 is 11.6 Å². The van der Waals surface area contributed by atoms with Crippen molar-refractivity contribution in [2.45, 2.75) is 6.54 Å². The van der Waals surface area contributed by atoms with E-state index in [0.717, 1.165) is 17.3 Å². The minimum atomic E-state index is -0.647. The quantitative estimate of drug-likeness (QED) is 0.714. The number of rotatable bonds is 1. The Hall–Kier alpha value is -2.95. The average molecular weight is 308 g/mol. The Bertz CT molecular complexity index is 832. The number of nitrogens with one attached hydrogen (secondary N) is 1. The van der Waals surface area contributed by atoms with Crippen LogP contribution in [-0.4, -0.2) is 4.98 Å². The van der Waals surface area contributed by atoms with Crippen molar-refractivity contribution in [2.24, 2.45) is 0 Å². The number of para-hydroxylation sites is 1. The summed E-state index contributed by atoms with van der Waals surface area (Å²) in [4.78, 5) is 6.07. The van der Waals surface area contributed by atoms with Crippen LogP contribution >= 0.6 is 0 Å². The lowest BCUT2D eigenvalue weighted by molar-refractivity contribution is 0.584. The van der Waals surface area contributed by atoms with Gasteiger partial charge in [0.15, 0.2) is 0 Å². The van der Waals surface area contributed by atoms with Crippen LogP contribution in [0.1, 0.15) is 5.56 Å². The summed E-state index contributed by atoms with van der Waals surface area (Å²) in [5.41, 5.74) is 2.62. The molecule has 4 rings (SSSR count). The average Bonchev–Trinajstić information content (AvgIpc) is 2.72. The van der Waals surface area contributed by atoms with Crippen LogP contribution in [0.3, 0.4) is 0 Å². The highest BCUT2D eigenvalue weighted by molar-refractivity contribution is 5.85. The summed E-state index contributed by atoms with van der Waals surface area (Å²) >= 11 is 0. The van der Waals surface area contributed by atoms with E-state index in [1.165, 1.54) is 12.1 Å². The highest BCUT2D eigenvalue weighted by Crippen LogP contribution is 2.42. The van der Waals surface area contributed by atoms with Crippen LogP contribution in [0.4, 0.5) is 31.7 Å². The summed E-state index contributed by atoms with van der Waals surface area (Å²) in [6.07, 6.45) is 1.65. The second-order valence-electron chi connectivity index (χ2n) is 5.20. The Balaban J connectivity index is 2.00. The molecular formula is C18H12F2N3. The van der Waals surface area contributed by atoms with Crippen molar-refractivity contribution in [2.75, 3.05) is 10.2 Å². The first-order chi connectivity index (χ1) is 11.2. The summed E-state index contributed by atoms with van der Waals surface area (Å²) in [7, 11) is 0. The van der Waals surface area contributed by atoms with E-state index >= 15 is 0 Å². The zero-order chi connectivity index (χ0) is 15.8. The normalized spacial score (nSPS) is 12.9. The molecule has 3 aromatic rings. The summed E-state index contributed by atoms with van der Waals surface area (Å²) in [6.45, 7) is 0.563. The maximum absolute atomic E-state index is 14.4. The molecule has 23 heavy (non-hydrogen) atoms. The second-order valence-corrected chi connectivity index (χ2v) is 5.20. The van der Waals surface area contributed by atoms with E-state index in [9.17, 15) is 8.78 Å². The van der Waals surface area contributed by atoms with Gasteiger partial charge >= 0.3 is 0 Å². The number of aromatic nitrogens is 1. The first kappa shape index (κ1) is 13.7. The number of pyridine rings is 1. The summed E-state index contributed by atoms with van der Waals surface area (Å²) < 4.78 is 27.7. The van der Waals surface area contributed by atoms with Crippen LogP contribution in [0.5, 0.6) is 0 Å². The van der Waals surface area contributed by atoms with Crippen molar-refractivity contribution in [1.29, 1.82) is 0 Å². The lowest BCUT2D eigenvalue weighted by Crippen LogP contribution is -2.14. The largest absolute Gasteiger partial charge is 0.379 e. The number of benzene rings is 2. The fourth-order valence-electron chi connectivity index (χ4n) is 2.72.